The second-order valence-electron chi connectivity index (χ2n) is 3.98. The van der Waals surface area contributed by atoms with Gasteiger partial charge in [-0.25, -0.2) is 0 Å². The maximum Gasteiger partial charge on any atom is 0.259 e. The molecule has 0 unspecified atom stereocenters. The normalized spacial score (nSPS) is 10.4. The van der Waals surface area contributed by atoms with E-state index in [4.69, 9.17) is 4.74 Å². The van der Waals surface area contributed by atoms with E-state index in [1.165, 1.54) is 12.3 Å². The lowest BCUT2D eigenvalue weighted by Crippen LogP contribution is -2.36. The number of nitrogens with zero attached hydrogens (tertiary/aromatic N) is 1. The van der Waals surface area contributed by atoms with Gasteiger partial charge in [-0.2, -0.15) is 0 Å². The highest BCUT2D eigenvalue weighted by molar-refractivity contribution is 5.93. The van der Waals surface area contributed by atoms with Crippen molar-refractivity contribution < 1.29 is 9.53 Å². The smallest absolute Gasteiger partial charge is 0.259 e. The van der Waals surface area contributed by atoms with E-state index in [2.05, 4.69) is 4.98 Å². The van der Waals surface area contributed by atoms with Crippen molar-refractivity contribution in [2.75, 3.05) is 26.3 Å². The number of aryl methyl sites for hydroxylation is 1. The Labute approximate surface area is 107 Å². The van der Waals surface area contributed by atoms with Gasteiger partial charge in [0.15, 0.2) is 5.43 Å². The summed E-state index contributed by atoms with van der Waals surface area (Å²) >= 11 is 0. The number of amides is 1. The minimum atomic E-state index is -0.251. The summed E-state index contributed by atoms with van der Waals surface area (Å²) in [7, 11) is 0. The molecule has 0 bridgehead atoms. The van der Waals surface area contributed by atoms with Gasteiger partial charge in [0.25, 0.3) is 5.91 Å². The predicted octanol–water partition coefficient (Wildman–Crippen LogP) is 1.18. The fourth-order valence-electron chi connectivity index (χ4n) is 1.63. The summed E-state index contributed by atoms with van der Waals surface area (Å²) < 4.78 is 5.22. The highest BCUT2D eigenvalue weighted by Crippen LogP contribution is 2.00. The predicted molar refractivity (Wildman–Crippen MR) is 69.9 cm³/mol. The van der Waals surface area contributed by atoms with E-state index in [1.54, 1.807) is 11.8 Å². The number of carbonyl (C=O) groups excluding carboxylic acids is 1. The zero-order chi connectivity index (χ0) is 13.5. The van der Waals surface area contributed by atoms with Gasteiger partial charge in [-0.05, 0) is 20.8 Å². The molecule has 1 N–H and O–H groups in total. The third-order valence-electron chi connectivity index (χ3n) is 2.67. The Bertz CT molecular complexity index is 454. The Balaban J connectivity index is 2.80. The monoisotopic (exact) mass is 252 g/mol. The minimum Gasteiger partial charge on any atom is -0.380 e. The SMILES string of the molecule is CCOCCN(CC)C(=O)c1c[nH]c(C)cc1=O. The molecule has 0 aliphatic heterocycles. The van der Waals surface area contributed by atoms with Crippen LogP contribution in [0.25, 0.3) is 0 Å². The zero-order valence-corrected chi connectivity index (χ0v) is 11.2. The Kier molecular flexibility index (Phi) is 5.58. The summed E-state index contributed by atoms with van der Waals surface area (Å²) in [4.78, 5) is 28.4. The van der Waals surface area contributed by atoms with Crippen molar-refractivity contribution in [1.29, 1.82) is 0 Å². The van der Waals surface area contributed by atoms with Crippen LogP contribution in [0, 0.1) is 6.92 Å². The van der Waals surface area contributed by atoms with Crippen molar-refractivity contribution in [3.05, 3.63) is 33.7 Å². The van der Waals surface area contributed by atoms with E-state index < -0.39 is 0 Å². The highest BCUT2D eigenvalue weighted by atomic mass is 16.5. The molecule has 0 fully saturated rings. The molecule has 0 aromatic carbocycles. The van der Waals surface area contributed by atoms with Crippen LogP contribution in [-0.2, 0) is 4.74 Å². The average Bonchev–Trinajstić information content (AvgIpc) is 2.34. The topological polar surface area (TPSA) is 62.4 Å². The molecule has 1 rings (SSSR count). The molecule has 18 heavy (non-hydrogen) atoms. The molecule has 1 aromatic rings. The first-order chi connectivity index (χ1) is 8.60. The first-order valence-electron chi connectivity index (χ1n) is 6.16. The van der Waals surface area contributed by atoms with Crippen LogP contribution in [0.3, 0.4) is 0 Å². The van der Waals surface area contributed by atoms with Gasteiger partial charge in [-0.15, -0.1) is 0 Å². The molecular weight excluding hydrogens is 232 g/mol. The van der Waals surface area contributed by atoms with Crippen LogP contribution in [0.1, 0.15) is 29.9 Å². The molecule has 1 heterocycles. The van der Waals surface area contributed by atoms with Crippen LogP contribution >= 0.6 is 0 Å². The standard InChI is InChI=1S/C13H20N2O3/c1-4-15(6-7-18-5-2)13(17)11-9-14-10(3)8-12(11)16/h8-9H,4-7H2,1-3H3,(H,14,16). The number of likely N-dealkylation sites (N-methyl/N-ethyl adjacent to an activating group) is 1. The molecule has 0 aliphatic carbocycles. The molecule has 5 nitrogen and oxygen atoms in total. The van der Waals surface area contributed by atoms with Crippen LogP contribution in [0.2, 0.25) is 0 Å². The lowest BCUT2D eigenvalue weighted by Gasteiger charge is -2.20. The molecule has 1 aromatic heterocycles. The number of ether oxygens (including phenoxy) is 1. The fourth-order valence-corrected chi connectivity index (χ4v) is 1.63. The maximum absolute atomic E-state index is 12.2. The quantitative estimate of drug-likeness (QED) is 0.773. The lowest BCUT2D eigenvalue weighted by atomic mass is 10.2. The molecule has 0 radical (unpaired) electrons. The number of rotatable bonds is 6. The molecular formula is C13H20N2O3. The molecule has 0 atom stereocenters. The molecule has 100 valence electrons. The number of aromatic nitrogens is 1. The summed E-state index contributed by atoms with van der Waals surface area (Å²) in [5.41, 5.74) is 0.680. The third kappa shape index (κ3) is 3.70. The Morgan fingerprint density at radius 1 is 1.44 bits per heavy atom. The molecule has 0 aliphatic rings. The van der Waals surface area contributed by atoms with Gasteiger partial charge in [0.2, 0.25) is 0 Å². The summed E-state index contributed by atoms with van der Waals surface area (Å²) in [6, 6.07) is 1.43. The molecule has 5 heteroatoms. The molecule has 0 spiro atoms. The van der Waals surface area contributed by atoms with E-state index >= 15 is 0 Å². The lowest BCUT2D eigenvalue weighted by molar-refractivity contribution is 0.0667. The van der Waals surface area contributed by atoms with Crippen LogP contribution in [-0.4, -0.2) is 42.1 Å². The number of H-pyrrole nitrogens is 1. The number of hydrogen-bond donors (Lipinski definition) is 1. The fraction of sp³-hybridized carbons (Fsp3) is 0.538. The third-order valence-corrected chi connectivity index (χ3v) is 2.67. The van der Waals surface area contributed by atoms with Crippen molar-refractivity contribution in [2.24, 2.45) is 0 Å². The van der Waals surface area contributed by atoms with Crippen LogP contribution in [0.4, 0.5) is 0 Å². The zero-order valence-electron chi connectivity index (χ0n) is 11.2. The summed E-state index contributed by atoms with van der Waals surface area (Å²) in [6.07, 6.45) is 1.48. The van der Waals surface area contributed by atoms with Crippen LogP contribution < -0.4 is 5.43 Å². The first kappa shape index (κ1) is 14.4. The second-order valence-corrected chi connectivity index (χ2v) is 3.98. The number of carbonyl (C=O) groups is 1. The summed E-state index contributed by atoms with van der Waals surface area (Å²) in [5, 5.41) is 0. The van der Waals surface area contributed by atoms with Gasteiger partial charge in [-0.1, -0.05) is 0 Å². The van der Waals surface area contributed by atoms with Crippen molar-refractivity contribution in [2.45, 2.75) is 20.8 Å². The average molecular weight is 252 g/mol. The number of hydrogen-bond acceptors (Lipinski definition) is 3. The van der Waals surface area contributed by atoms with Crippen molar-refractivity contribution in [3.63, 3.8) is 0 Å². The van der Waals surface area contributed by atoms with Crippen LogP contribution in [0.15, 0.2) is 17.1 Å². The van der Waals surface area contributed by atoms with Gasteiger partial charge in [0, 0.05) is 37.7 Å². The van der Waals surface area contributed by atoms with Crippen molar-refractivity contribution in [3.8, 4) is 0 Å². The minimum absolute atomic E-state index is 0.180. The van der Waals surface area contributed by atoms with E-state index in [0.29, 0.717) is 26.3 Å². The van der Waals surface area contributed by atoms with Gasteiger partial charge >= 0.3 is 0 Å². The largest absolute Gasteiger partial charge is 0.380 e. The Morgan fingerprint density at radius 3 is 2.72 bits per heavy atom. The van der Waals surface area contributed by atoms with Gasteiger partial charge in [0.05, 0.1) is 6.61 Å². The van der Waals surface area contributed by atoms with E-state index in [0.717, 1.165) is 5.69 Å². The molecule has 0 saturated carbocycles. The van der Waals surface area contributed by atoms with E-state index in [1.807, 2.05) is 13.8 Å². The first-order valence-corrected chi connectivity index (χ1v) is 6.16. The van der Waals surface area contributed by atoms with Gasteiger partial charge in [-0.3, -0.25) is 9.59 Å². The number of pyridine rings is 1. The second kappa shape index (κ2) is 6.96. The number of aromatic amines is 1. The van der Waals surface area contributed by atoms with E-state index in [-0.39, 0.29) is 16.9 Å². The summed E-state index contributed by atoms with van der Waals surface area (Å²) in [6.45, 7) is 7.73. The molecule has 0 saturated heterocycles. The highest BCUT2D eigenvalue weighted by Gasteiger charge is 2.16. The van der Waals surface area contributed by atoms with E-state index in [9.17, 15) is 9.59 Å². The maximum atomic E-state index is 12.2. The van der Waals surface area contributed by atoms with Crippen molar-refractivity contribution >= 4 is 5.91 Å². The van der Waals surface area contributed by atoms with Gasteiger partial charge in [0.1, 0.15) is 5.56 Å². The van der Waals surface area contributed by atoms with Crippen molar-refractivity contribution in [1.82, 2.24) is 9.88 Å². The molecule has 1 amide bonds. The summed E-state index contributed by atoms with van der Waals surface area (Å²) in [5.74, 6) is -0.251. The van der Waals surface area contributed by atoms with Gasteiger partial charge < -0.3 is 14.6 Å². The Hall–Kier alpha value is -1.62. The number of nitrogens with one attached hydrogen (secondary N) is 1. The van der Waals surface area contributed by atoms with Crippen LogP contribution in [0.5, 0.6) is 0 Å². The Morgan fingerprint density at radius 2 is 2.17 bits per heavy atom.